The molecule has 1 heterocycles. The van der Waals surface area contributed by atoms with Crippen molar-refractivity contribution < 1.29 is 27.9 Å². The Kier molecular flexibility index (Phi) is 5.30. The molecule has 2 amide bonds. The molecule has 1 aromatic carbocycles. The van der Waals surface area contributed by atoms with Crippen LogP contribution >= 0.6 is 0 Å². The van der Waals surface area contributed by atoms with E-state index in [2.05, 4.69) is 15.7 Å². The molecule has 7 nitrogen and oxygen atoms in total. The van der Waals surface area contributed by atoms with Gasteiger partial charge in [-0.1, -0.05) is 0 Å². The van der Waals surface area contributed by atoms with Crippen LogP contribution in [0, 0.1) is 0 Å². The lowest BCUT2D eigenvalue weighted by Crippen LogP contribution is -2.35. The minimum absolute atomic E-state index is 0.0146. The summed E-state index contributed by atoms with van der Waals surface area (Å²) in [6.45, 7) is -0.0398. The predicted molar refractivity (Wildman–Crippen MR) is 81.0 cm³/mol. The summed E-state index contributed by atoms with van der Waals surface area (Å²) in [5.41, 5.74) is -1.55. The van der Waals surface area contributed by atoms with Crippen LogP contribution in [-0.4, -0.2) is 39.8 Å². The van der Waals surface area contributed by atoms with Gasteiger partial charge in [0.2, 0.25) is 0 Å². The first-order valence-corrected chi connectivity index (χ1v) is 7.14. The third-order valence-corrected chi connectivity index (χ3v) is 3.17. The minimum Gasteiger partial charge on any atom is -0.508 e. The molecule has 0 aliphatic carbocycles. The number of halogens is 3. The number of carbonyl (C=O) groups excluding carboxylic acids is 2. The lowest BCUT2D eigenvalue weighted by atomic mass is 10.2. The van der Waals surface area contributed by atoms with E-state index in [1.807, 2.05) is 0 Å². The molecule has 0 saturated heterocycles. The normalized spacial score (nSPS) is 11.2. The smallest absolute Gasteiger partial charge is 0.435 e. The number of phenols is 1. The highest BCUT2D eigenvalue weighted by molar-refractivity contribution is 5.95. The first-order chi connectivity index (χ1) is 11.7. The van der Waals surface area contributed by atoms with Crippen LogP contribution in [0.5, 0.6) is 5.75 Å². The number of alkyl halides is 3. The van der Waals surface area contributed by atoms with Crippen LogP contribution in [0.1, 0.15) is 26.4 Å². The number of nitrogens with zero attached hydrogens (tertiary/aromatic N) is 2. The summed E-state index contributed by atoms with van der Waals surface area (Å²) in [4.78, 5) is 23.7. The lowest BCUT2D eigenvalue weighted by molar-refractivity contribution is -0.141. The zero-order valence-corrected chi connectivity index (χ0v) is 13.1. The average Bonchev–Trinajstić information content (AvgIpc) is 2.94. The maximum atomic E-state index is 12.8. The Labute approximate surface area is 140 Å². The SMILES string of the molecule is Cn1cc(C(=O)NCCNC(=O)c2ccc(O)cc2)c(C(F)(F)F)n1. The van der Waals surface area contributed by atoms with Crippen molar-refractivity contribution in [1.29, 1.82) is 0 Å². The van der Waals surface area contributed by atoms with E-state index in [0.717, 1.165) is 10.9 Å². The summed E-state index contributed by atoms with van der Waals surface area (Å²) in [7, 11) is 1.28. The van der Waals surface area contributed by atoms with Crippen molar-refractivity contribution in [3.8, 4) is 5.75 Å². The van der Waals surface area contributed by atoms with Crippen LogP contribution in [0.25, 0.3) is 0 Å². The standard InChI is InChI=1S/C15H15F3N4O3/c1-22-8-11(12(21-22)15(16,17)18)14(25)20-7-6-19-13(24)9-2-4-10(23)5-3-9/h2-5,8,23H,6-7H2,1H3,(H,19,24)(H,20,25). The van der Waals surface area contributed by atoms with Crippen LogP contribution in [0.3, 0.4) is 0 Å². The molecule has 0 bridgehead atoms. The van der Waals surface area contributed by atoms with Gasteiger partial charge in [0.25, 0.3) is 11.8 Å². The van der Waals surface area contributed by atoms with Gasteiger partial charge < -0.3 is 15.7 Å². The van der Waals surface area contributed by atoms with Crippen LogP contribution in [0.4, 0.5) is 13.2 Å². The molecule has 0 aliphatic rings. The van der Waals surface area contributed by atoms with Crippen LogP contribution in [-0.2, 0) is 13.2 Å². The topological polar surface area (TPSA) is 96.2 Å². The van der Waals surface area contributed by atoms with Gasteiger partial charge >= 0.3 is 6.18 Å². The summed E-state index contributed by atoms with van der Waals surface area (Å²) in [5, 5.41) is 17.2. The van der Waals surface area contributed by atoms with Gasteiger partial charge in [-0.05, 0) is 24.3 Å². The first kappa shape index (κ1) is 18.3. The lowest BCUT2D eigenvalue weighted by Gasteiger charge is -2.08. The highest BCUT2D eigenvalue weighted by Gasteiger charge is 2.38. The van der Waals surface area contributed by atoms with Crippen LogP contribution < -0.4 is 10.6 Å². The summed E-state index contributed by atoms with van der Waals surface area (Å²) in [6, 6.07) is 5.51. The Bertz CT molecular complexity index is 769. The van der Waals surface area contributed by atoms with Gasteiger partial charge in [0.05, 0.1) is 5.56 Å². The van der Waals surface area contributed by atoms with Gasteiger partial charge in [0.1, 0.15) is 5.75 Å². The number of aromatic nitrogens is 2. The zero-order chi connectivity index (χ0) is 18.6. The van der Waals surface area contributed by atoms with Crippen LogP contribution in [0.2, 0.25) is 0 Å². The van der Waals surface area contributed by atoms with Crippen molar-refractivity contribution in [3.05, 3.63) is 47.3 Å². The molecule has 0 radical (unpaired) electrons. The molecule has 0 fully saturated rings. The molecule has 25 heavy (non-hydrogen) atoms. The van der Waals surface area contributed by atoms with Crippen molar-refractivity contribution in [2.24, 2.45) is 7.05 Å². The number of rotatable bonds is 5. The number of nitrogens with one attached hydrogen (secondary N) is 2. The number of benzene rings is 1. The predicted octanol–water partition coefficient (Wildman–Crippen LogP) is 1.30. The van der Waals surface area contributed by atoms with Crippen molar-refractivity contribution >= 4 is 11.8 Å². The number of aryl methyl sites for hydroxylation is 1. The number of carbonyl (C=O) groups is 2. The Morgan fingerprint density at radius 1 is 1.12 bits per heavy atom. The van der Waals surface area contributed by atoms with E-state index in [-0.39, 0.29) is 18.8 Å². The molecule has 0 atom stereocenters. The fraction of sp³-hybridized carbons (Fsp3) is 0.267. The Hall–Kier alpha value is -3.04. The van der Waals surface area contributed by atoms with Gasteiger partial charge in [-0.3, -0.25) is 14.3 Å². The van der Waals surface area contributed by atoms with Gasteiger partial charge in [-0.25, -0.2) is 0 Å². The maximum Gasteiger partial charge on any atom is 0.435 e. The second-order valence-electron chi connectivity index (χ2n) is 5.12. The molecule has 0 saturated carbocycles. The van der Waals surface area contributed by atoms with Gasteiger partial charge in [-0.15, -0.1) is 0 Å². The molecule has 0 aliphatic heterocycles. The molecule has 1 aromatic heterocycles. The van der Waals surface area contributed by atoms with E-state index in [1.54, 1.807) is 0 Å². The van der Waals surface area contributed by atoms with Crippen LogP contribution in [0.15, 0.2) is 30.5 Å². The number of amides is 2. The number of aromatic hydroxyl groups is 1. The minimum atomic E-state index is -4.74. The van der Waals surface area contributed by atoms with E-state index in [1.165, 1.54) is 31.3 Å². The Morgan fingerprint density at radius 3 is 2.24 bits per heavy atom. The molecule has 2 rings (SSSR count). The second-order valence-corrected chi connectivity index (χ2v) is 5.12. The van der Waals surface area contributed by atoms with E-state index in [9.17, 15) is 22.8 Å². The highest BCUT2D eigenvalue weighted by atomic mass is 19.4. The monoisotopic (exact) mass is 356 g/mol. The van der Waals surface area contributed by atoms with E-state index >= 15 is 0 Å². The molecule has 2 aromatic rings. The van der Waals surface area contributed by atoms with Crippen molar-refractivity contribution in [3.63, 3.8) is 0 Å². The fourth-order valence-electron chi connectivity index (χ4n) is 2.03. The van der Waals surface area contributed by atoms with Crippen molar-refractivity contribution in [2.45, 2.75) is 6.18 Å². The number of phenolic OH excluding ortho intramolecular Hbond substituents is 1. The maximum absolute atomic E-state index is 12.8. The summed E-state index contributed by atoms with van der Waals surface area (Å²) in [5.74, 6) is -1.35. The second kappa shape index (κ2) is 7.24. The molecular formula is C15H15F3N4O3. The third kappa shape index (κ3) is 4.72. The Morgan fingerprint density at radius 2 is 1.68 bits per heavy atom. The average molecular weight is 356 g/mol. The summed E-state index contributed by atoms with van der Waals surface area (Å²) in [6.07, 6.45) is -3.76. The van der Waals surface area contributed by atoms with Gasteiger partial charge in [0, 0.05) is 31.9 Å². The first-order valence-electron chi connectivity index (χ1n) is 7.14. The molecule has 3 N–H and O–H groups in total. The summed E-state index contributed by atoms with van der Waals surface area (Å²) < 4.78 is 39.3. The van der Waals surface area contributed by atoms with Crippen molar-refractivity contribution in [2.75, 3.05) is 13.1 Å². The molecule has 0 unspecified atom stereocenters. The molecule has 10 heteroatoms. The zero-order valence-electron chi connectivity index (χ0n) is 13.1. The highest BCUT2D eigenvalue weighted by Crippen LogP contribution is 2.30. The quantitative estimate of drug-likeness (QED) is 0.704. The number of hydrogen-bond acceptors (Lipinski definition) is 4. The molecular weight excluding hydrogens is 341 g/mol. The Balaban J connectivity index is 1.87. The molecule has 134 valence electrons. The van der Waals surface area contributed by atoms with Gasteiger partial charge in [0.15, 0.2) is 5.69 Å². The van der Waals surface area contributed by atoms with E-state index in [4.69, 9.17) is 5.11 Å². The fourth-order valence-corrected chi connectivity index (χ4v) is 2.03. The number of hydrogen-bond donors (Lipinski definition) is 3. The molecule has 0 spiro atoms. The van der Waals surface area contributed by atoms with Gasteiger partial charge in [-0.2, -0.15) is 18.3 Å². The van der Waals surface area contributed by atoms with E-state index in [0.29, 0.717) is 5.56 Å². The third-order valence-electron chi connectivity index (χ3n) is 3.17. The van der Waals surface area contributed by atoms with Crippen molar-refractivity contribution in [1.82, 2.24) is 20.4 Å². The summed E-state index contributed by atoms with van der Waals surface area (Å²) >= 11 is 0. The largest absolute Gasteiger partial charge is 0.508 e. The van der Waals surface area contributed by atoms with E-state index < -0.39 is 29.2 Å².